The van der Waals surface area contributed by atoms with E-state index in [9.17, 15) is 9.90 Å². The van der Waals surface area contributed by atoms with Gasteiger partial charge < -0.3 is 21.1 Å². The predicted octanol–water partition coefficient (Wildman–Crippen LogP) is 1.93. The number of carbonyl (C=O) groups excluding carboxylic acids is 1. The minimum atomic E-state index is -0.0413. The van der Waals surface area contributed by atoms with Crippen molar-refractivity contribution >= 4 is 17.3 Å². The first-order valence-corrected chi connectivity index (χ1v) is 7.51. The summed E-state index contributed by atoms with van der Waals surface area (Å²) in [5.41, 5.74) is 8.06. The van der Waals surface area contributed by atoms with Gasteiger partial charge in [0.15, 0.2) is 0 Å². The fourth-order valence-corrected chi connectivity index (χ4v) is 2.89. The first-order chi connectivity index (χ1) is 10.0. The second-order valence-corrected chi connectivity index (χ2v) is 5.98. The number of aliphatic hydroxyl groups excluding tert-OH is 1. The molecule has 0 bridgehead atoms. The molecule has 0 heterocycles. The topological polar surface area (TPSA) is 78.6 Å². The molecule has 2 rings (SSSR count). The van der Waals surface area contributed by atoms with Crippen LogP contribution < -0.4 is 11.1 Å². The summed E-state index contributed by atoms with van der Waals surface area (Å²) in [5, 5.41) is 12.9. The molecule has 21 heavy (non-hydrogen) atoms. The molecule has 1 aliphatic carbocycles. The molecule has 1 aromatic rings. The van der Waals surface area contributed by atoms with Crippen LogP contribution in [0.1, 0.15) is 36.0 Å². The Balaban J connectivity index is 2.18. The number of rotatable bonds is 4. The molecule has 5 heteroatoms. The summed E-state index contributed by atoms with van der Waals surface area (Å²) in [6, 6.07) is 5.53. The molecule has 0 spiro atoms. The van der Waals surface area contributed by atoms with Gasteiger partial charge in [-0.25, -0.2) is 0 Å². The molecule has 116 valence electrons. The normalized spacial score (nSPS) is 21.9. The number of hydrogen-bond acceptors (Lipinski definition) is 4. The van der Waals surface area contributed by atoms with E-state index in [4.69, 9.17) is 5.73 Å². The van der Waals surface area contributed by atoms with E-state index in [1.165, 1.54) is 0 Å². The first-order valence-electron chi connectivity index (χ1n) is 7.51. The number of anilines is 2. The summed E-state index contributed by atoms with van der Waals surface area (Å²) in [5.74, 6) is 0.215. The molecule has 0 aromatic heterocycles. The van der Waals surface area contributed by atoms with E-state index in [-0.39, 0.29) is 24.5 Å². The number of nitrogen functional groups attached to an aromatic ring is 1. The van der Waals surface area contributed by atoms with Crippen LogP contribution in [0, 0.1) is 5.92 Å². The van der Waals surface area contributed by atoms with Crippen LogP contribution in [0.5, 0.6) is 0 Å². The minimum Gasteiger partial charge on any atom is -0.397 e. The molecule has 1 aliphatic rings. The monoisotopic (exact) mass is 291 g/mol. The van der Waals surface area contributed by atoms with Crippen molar-refractivity contribution in [2.45, 2.75) is 31.7 Å². The highest BCUT2D eigenvalue weighted by Gasteiger charge is 2.25. The number of aliphatic hydroxyl groups is 1. The molecular formula is C16H25N3O2. The summed E-state index contributed by atoms with van der Waals surface area (Å²) in [6.07, 6.45) is 4.38. The summed E-state index contributed by atoms with van der Waals surface area (Å²) in [7, 11) is 3.46. The van der Waals surface area contributed by atoms with Gasteiger partial charge in [-0.2, -0.15) is 0 Å². The highest BCUT2D eigenvalue weighted by Crippen LogP contribution is 2.29. The van der Waals surface area contributed by atoms with Crippen LogP contribution in [-0.2, 0) is 0 Å². The molecule has 1 fully saturated rings. The fourth-order valence-electron chi connectivity index (χ4n) is 2.89. The highest BCUT2D eigenvalue weighted by molar-refractivity contribution is 5.95. The van der Waals surface area contributed by atoms with E-state index in [0.29, 0.717) is 11.3 Å². The number of nitrogens with two attached hydrogens (primary N) is 1. The zero-order valence-corrected chi connectivity index (χ0v) is 12.8. The zero-order valence-electron chi connectivity index (χ0n) is 12.8. The zero-order chi connectivity index (χ0) is 15.4. The molecular weight excluding hydrogens is 266 g/mol. The van der Waals surface area contributed by atoms with Gasteiger partial charge in [0.05, 0.1) is 11.4 Å². The van der Waals surface area contributed by atoms with Gasteiger partial charge in [0, 0.05) is 38.2 Å². The lowest BCUT2D eigenvalue weighted by molar-refractivity contribution is 0.0827. The largest absolute Gasteiger partial charge is 0.397 e. The smallest absolute Gasteiger partial charge is 0.253 e. The number of benzene rings is 1. The maximum atomic E-state index is 12.0. The van der Waals surface area contributed by atoms with E-state index in [1.807, 2.05) is 0 Å². The Morgan fingerprint density at radius 2 is 2.10 bits per heavy atom. The van der Waals surface area contributed by atoms with E-state index in [2.05, 4.69) is 5.32 Å². The third-order valence-electron chi connectivity index (χ3n) is 4.19. The van der Waals surface area contributed by atoms with Gasteiger partial charge >= 0.3 is 0 Å². The molecule has 2 unspecified atom stereocenters. The second-order valence-electron chi connectivity index (χ2n) is 5.98. The lowest BCUT2D eigenvalue weighted by atomic mass is 9.85. The molecule has 1 saturated carbocycles. The van der Waals surface area contributed by atoms with Crippen LogP contribution in [0.15, 0.2) is 18.2 Å². The lowest BCUT2D eigenvalue weighted by Gasteiger charge is -2.32. The number of nitrogens with zero attached hydrogens (tertiary/aromatic N) is 1. The molecule has 1 amide bonds. The van der Waals surface area contributed by atoms with Gasteiger partial charge in [-0.15, -0.1) is 0 Å². The standard InChI is InChI=1S/C16H25N3O2/c1-19(2)16(21)11-7-8-13(17)15(9-11)18-14-6-4-3-5-12(14)10-20/h7-9,12,14,18,20H,3-6,10,17H2,1-2H3. The van der Waals surface area contributed by atoms with Crippen LogP contribution in [0.2, 0.25) is 0 Å². The maximum absolute atomic E-state index is 12.0. The third-order valence-corrected chi connectivity index (χ3v) is 4.19. The van der Waals surface area contributed by atoms with Gasteiger partial charge in [0.1, 0.15) is 0 Å². The quantitative estimate of drug-likeness (QED) is 0.741. The predicted molar refractivity (Wildman–Crippen MR) is 85.3 cm³/mol. The van der Waals surface area contributed by atoms with Gasteiger partial charge in [-0.05, 0) is 31.0 Å². The van der Waals surface area contributed by atoms with E-state index >= 15 is 0 Å². The summed E-state index contributed by atoms with van der Waals surface area (Å²) in [4.78, 5) is 13.6. The second kappa shape index (κ2) is 6.80. The summed E-state index contributed by atoms with van der Waals surface area (Å²) in [6.45, 7) is 0.188. The van der Waals surface area contributed by atoms with Gasteiger partial charge in [0.25, 0.3) is 5.91 Å². The molecule has 0 aliphatic heterocycles. The van der Waals surface area contributed by atoms with Crippen molar-refractivity contribution in [3.8, 4) is 0 Å². The Morgan fingerprint density at radius 3 is 2.76 bits per heavy atom. The summed E-state index contributed by atoms with van der Waals surface area (Å²) < 4.78 is 0. The van der Waals surface area contributed by atoms with Crippen LogP contribution in [0.3, 0.4) is 0 Å². The van der Waals surface area contributed by atoms with Crippen molar-refractivity contribution in [2.24, 2.45) is 5.92 Å². The first kappa shape index (κ1) is 15.6. The van der Waals surface area contributed by atoms with Gasteiger partial charge in [0.2, 0.25) is 0 Å². The van der Waals surface area contributed by atoms with E-state index in [1.54, 1.807) is 37.2 Å². The Labute approximate surface area is 126 Å². The van der Waals surface area contributed by atoms with Crippen molar-refractivity contribution in [3.63, 3.8) is 0 Å². The average molecular weight is 291 g/mol. The molecule has 5 nitrogen and oxygen atoms in total. The highest BCUT2D eigenvalue weighted by atomic mass is 16.3. The Morgan fingerprint density at radius 1 is 1.38 bits per heavy atom. The Kier molecular flexibility index (Phi) is 5.07. The van der Waals surface area contributed by atoms with Crippen molar-refractivity contribution in [1.29, 1.82) is 0 Å². The van der Waals surface area contributed by atoms with E-state index in [0.717, 1.165) is 31.4 Å². The molecule has 1 aromatic carbocycles. The van der Waals surface area contributed by atoms with Crippen molar-refractivity contribution < 1.29 is 9.90 Å². The van der Waals surface area contributed by atoms with Gasteiger partial charge in [-0.1, -0.05) is 12.8 Å². The van der Waals surface area contributed by atoms with Crippen LogP contribution >= 0.6 is 0 Å². The number of nitrogens with one attached hydrogen (secondary N) is 1. The number of hydrogen-bond donors (Lipinski definition) is 3. The average Bonchev–Trinajstić information content (AvgIpc) is 2.49. The third kappa shape index (κ3) is 3.67. The molecule has 2 atom stereocenters. The maximum Gasteiger partial charge on any atom is 0.253 e. The summed E-state index contributed by atoms with van der Waals surface area (Å²) >= 11 is 0. The minimum absolute atomic E-state index is 0.0413. The SMILES string of the molecule is CN(C)C(=O)c1ccc(N)c(NC2CCCCC2CO)c1. The van der Waals surface area contributed by atoms with E-state index < -0.39 is 0 Å². The van der Waals surface area contributed by atoms with Crippen LogP contribution in [0.25, 0.3) is 0 Å². The van der Waals surface area contributed by atoms with Crippen molar-refractivity contribution in [3.05, 3.63) is 23.8 Å². The lowest BCUT2D eigenvalue weighted by Crippen LogP contribution is -2.34. The van der Waals surface area contributed by atoms with Crippen LogP contribution in [-0.4, -0.2) is 42.7 Å². The Bertz CT molecular complexity index is 502. The van der Waals surface area contributed by atoms with Crippen LogP contribution in [0.4, 0.5) is 11.4 Å². The van der Waals surface area contributed by atoms with Gasteiger partial charge in [-0.3, -0.25) is 4.79 Å². The molecule has 0 saturated heterocycles. The molecule has 0 radical (unpaired) electrons. The van der Waals surface area contributed by atoms with Crippen molar-refractivity contribution in [2.75, 3.05) is 31.8 Å². The number of amides is 1. The Hall–Kier alpha value is -1.75. The fraction of sp³-hybridized carbons (Fsp3) is 0.562. The molecule has 4 N–H and O–H groups in total. The number of carbonyl (C=O) groups is 1. The van der Waals surface area contributed by atoms with Crippen molar-refractivity contribution in [1.82, 2.24) is 4.90 Å².